The van der Waals surface area contributed by atoms with Crippen molar-refractivity contribution >= 4 is 61.7 Å². The Morgan fingerprint density at radius 1 is 1.28 bits per heavy atom. The van der Waals surface area contributed by atoms with Gasteiger partial charge in [0.25, 0.3) is 11.1 Å². The smallest absolute Gasteiger partial charge is 0.293 e. The normalized spacial score (nSPS) is 15.3. The summed E-state index contributed by atoms with van der Waals surface area (Å²) in [6.07, 6.45) is 6.83. The number of hydrogen-bond acceptors (Lipinski definition) is 5. The van der Waals surface area contributed by atoms with Crippen molar-refractivity contribution in [2.75, 3.05) is 6.54 Å². The Morgan fingerprint density at radius 3 is 2.88 bits per heavy atom. The summed E-state index contributed by atoms with van der Waals surface area (Å²) in [5, 5.41) is 3.49. The Labute approximate surface area is 197 Å². The molecule has 1 N–H and O–H groups in total. The van der Waals surface area contributed by atoms with Crippen LogP contribution in [0, 0.1) is 0 Å². The molecular formula is C23H22BrN3O4S. The lowest BCUT2D eigenvalue weighted by Crippen LogP contribution is -2.29. The van der Waals surface area contributed by atoms with Gasteiger partial charge in [-0.15, -0.1) is 0 Å². The minimum atomic E-state index is -0.263. The van der Waals surface area contributed by atoms with Gasteiger partial charge >= 0.3 is 0 Å². The molecule has 0 bridgehead atoms. The van der Waals surface area contributed by atoms with Crippen LogP contribution < -0.4 is 5.32 Å². The summed E-state index contributed by atoms with van der Waals surface area (Å²) in [6, 6.07) is 9.34. The number of furan rings is 1. The first-order chi connectivity index (χ1) is 15.5. The first kappa shape index (κ1) is 22.4. The highest BCUT2D eigenvalue weighted by atomic mass is 79.9. The van der Waals surface area contributed by atoms with Crippen LogP contribution in [0.2, 0.25) is 0 Å². The second kappa shape index (κ2) is 9.79. The van der Waals surface area contributed by atoms with E-state index in [1.54, 1.807) is 24.5 Å². The van der Waals surface area contributed by atoms with Crippen molar-refractivity contribution in [2.24, 2.45) is 0 Å². The lowest BCUT2D eigenvalue weighted by Gasteiger charge is -2.10. The third-order valence-corrected chi connectivity index (χ3v) is 6.52. The molecule has 1 aliphatic heterocycles. The average Bonchev–Trinajstić information content (AvgIpc) is 3.46. The van der Waals surface area contributed by atoms with Crippen molar-refractivity contribution in [3.05, 3.63) is 63.5 Å². The van der Waals surface area contributed by atoms with Gasteiger partial charge in [0.1, 0.15) is 12.3 Å². The number of thioether (sulfide) groups is 1. The van der Waals surface area contributed by atoms with Crippen LogP contribution in [-0.2, 0) is 22.7 Å². The average molecular weight is 516 g/mol. The van der Waals surface area contributed by atoms with Crippen LogP contribution in [0.25, 0.3) is 17.0 Å². The number of carbonyl (C=O) groups is 3. The van der Waals surface area contributed by atoms with Crippen molar-refractivity contribution in [2.45, 2.75) is 32.9 Å². The van der Waals surface area contributed by atoms with Gasteiger partial charge in [-0.05, 0) is 54.6 Å². The molecule has 1 saturated heterocycles. The number of imide groups is 1. The molecule has 0 saturated carbocycles. The van der Waals surface area contributed by atoms with Gasteiger partial charge in [-0.2, -0.15) is 0 Å². The van der Waals surface area contributed by atoms with Crippen molar-refractivity contribution in [3.63, 3.8) is 0 Å². The summed E-state index contributed by atoms with van der Waals surface area (Å²) in [5.74, 6) is 0.257. The number of nitrogens with one attached hydrogen (secondary N) is 1. The molecule has 0 spiro atoms. The van der Waals surface area contributed by atoms with Crippen LogP contribution in [0.15, 0.2) is 56.6 Å². The highest BCUT2D eigenvalue weighted by Crippen LogP contribution is 2.35. The van der Waals surface area contributed by atoms with Gasteiger partial charge in [0.15, 0.2) is 0 Å². The molecule has 166 valence electrons. The zero-order valence-electron chi connectivity index (χ0n) is 17.5. The Hall–Kier alpha value is -2.78. The molecule has 32 heavy (non-hydrogen) atoms. The number of hydrogen-bond donors (Lipinski definition) is 1. The van der Waals surface area contributed by atoms with Crippen LogP contribution in [0.4, 0.5) is 4.79 Å². The van der Waals surface area contributed by atoms with E-state index in [0.717, 1.165) is 45.5 Å². The van der Waals surface area contributed by atoms with E-state index >= 15 is 0 Å². The molecule has 4 rings (SSSR count). The van der Waals surface area contributed by atoms with E-state index in [4.69, 9.17) is 4.42 Å². The number of nitrogens with zero attached hydrogens (tertiary/aromatic N) is 2. The van der Waals surface area contributed by atoms with E-state index in [0.29, 0.717) is 23.8 Å². The molecule has 1 aliphatic rings. The Balaban J connectivity index is 1.59. The van der Waals surface area contributed by atoms with E-state index in [-0.39, 0.29) is 23.6 Å². The molecule has 7 nitrogen and oxygen atoms in total. The molecule has 2 aromatic heterocycles. The second-order valence-corrected chi connectivity index (χ2v) is 9.33. The summed E-state index contributed by atoms with van der Waals surface area (Å²) in [4.78, 5) is 39.2. The highest BCUT2D eigenvalue weighted by molar-refractivity contribution is 9.10. The lowest BCUT2D eigenvalue weighted by atomic mass is 10.1. The molecule has 3 heterocycles. The number of aromatic nitrogens is 1. The van der Waals surface area contributed by atoms with Crippen molar-refractivity contribution in [1.29, 1.82) is 0 Å². The summed E-state index contributed by atoms with van der Waals surface area (Å²) in [6.45, 7) is 2.88. The maximum Gasteiger partial charge on any atom is 0.293 e. The topological polar surface area (TPSA) is 84.6 Å². The van der Waals surface area contributed by atoms with Gasteiger partial charge in [-0.1, -0.05) is 29.3 Å². The van der Waals surface area contributed by atoms with Crippen LogP contribution in [-0.4, -0.2) is 33.1 Å². The SMILES string of the molecule is CCCCN1C(=O)S/C(=C\c2cn(CC(=O)NCc3ccco3)c3ccc(Br)cc23)C1=O. The van der Waals surface area contributed by atoms with Crippen LogP contribution in [0.5, 0.6) is 0 Å². The van der Waals surface area contributed by atoms with Gasteiger partial charge in [-0.3, -0.25) is 19.3 Å². The molecule has 1 aromatic carbocycles. The number of rotatable bonds is 8. The summed E-state index contributed by atoms with van der Waals surface area (Å²) < 4.78 is 7.97. The first-order valence-corrected chi connectivity index (χ1v) is 11.9. The highest BCUT2D eigenvalue weighted by Gasteiger charge is 2.34. The maximum atomic E-state index is 12.7. The zero-order valence-corrected chi connectivity index (χ0v) is 19.9. The number of benzene rings is 1. The van der Waals surface area contributed by atoms with Crippen LogP contribution in [0.3, 0.4) is 0 Å². The summed E-state index contributed by atoms with van der Waals surface area (Å²) in [7, 11) is 0. The van der Waals surface area contributed by atoms with E-state index in [2.05, 4.69) is 21.2 Å². The number of carbonyl (C=O) groups excluding carboxylic acids is 3. The number of unbranched alkanes of at least 4 members (excludes halogenated alkanes) is 1. The lowest BCUT2D eigenvalue weighted by molar-refractivity contribution is -0.123. The largest absolute Gasteiger partial charge is 0.467 e. The van der Waals surface area contributed by atoms with E-state index in [1.165, 1.54) is 4.90 Å². The van der Waals surface area contributed by atoms with Crippen molar-refractivity contribution in [1.82, 2.24) is 14.8 Å². The molecule has 0 aliphatic carbocycles. The standard InChI is InChI=1S/C23H22BrN3O4S/c1-2-3-8-27-22(29)20(32-23(27)30)10-15-13-26(19-7-6-16(24)11-18(15)19)14-21(28)25-12-17-5-4-9-31-17/h4-7,9-11,13H,2-3,8,12,14H2,1H3,(H,25,28)/b20-10-. The summed E-state index contributed by atoms with van der Waals surface area (Å²) in [5.41, 5.74) is 1.64. The zero-order chi connectivity index (χ0) is 22.7. The van der Waals surface area contributed by atoms with Crippen molar-refractivity contribution < 1.29 is 18.8 Å². The Kier molecular flexibility index (Phi) is 6.86. The Bertz CT molecular complexity index is 1200. The van der Waals surface area contributed by atoms with Gasteiger partial charge in [0, 0.05) is 33.7 Å². The quantitative estimate of drug-likeness (QED) is 0.419. The van der Waals surface area contributed by atoms with E-state index in [9.17, 15) is 14.4 Å². The number of amides is 3. The number of halogens is 1. The molecule has 0 radical (unpaired) electrons. The minimum absolute atomic E-state index is 0.116. The molecule has 9 heteroatoms. The fourth-order valence-corrected chi connectivity index (χ4v) is 4.72. The third kappa shape index (κ3) is 4.83. The van der Waals surface area contributed by atoms with E-state index in [1.807, 2.05) is 35.9 Å². The molecular weight excluding hydrogens is 494 g/mol. The maximum absolute atomic E-state index is 12.7. The van der Waals surface area contributed by atoms with Crippen molar-refractivity contribution in [3.8, 4) is 0 Å². The molecule has 0 atom stereocenters. The van der Waals surface area contributed by atoms with Gasteiger partial charge in [-0.25, -0.2) is 0 Å². The van der Waals surface area contributed by atoms with E-state index < -0.39 is 0 Å². The monoisotopic (exact) mass is 515 g/mol. The van der Waals surface area contributed by atoms with Gasteiger partial charge in [0.05, 0.1) is 17.7 Å². The fraction of sp³-hybridized carbons (Fsp3) is 0.261. The van der Waals surface area contributed by atoms with Gasteiger partial charge < -0.3 is 14.3 Å². The second-order valence-electron chi connectivity index (χ2n) is 7.42. The minimum Gasteiger partial charge on any atom is -0.467 e. The molecule has 1 fully saturated rings. The fourth-order valence-electron chi connectivity index (χ4n) is 3.50. The summed E-state index contributed by atoms with van der Waals surface area (Å²) >= 11 is 4.45. The first-order valence-electron chi connectivity index (χ1n) is 10.3. The predicted octanol–water partition coefficient (Wildman–Crippen LogP) is 5.15. The van der Waals surface area contributed by atoms with Crippen LogP contribution in [0.1, 0.15) is 31.1 Å². The molecule has 0 unspecified atom stereocenters. The molecule has 3 aromatic rings. The Morgan fingerprint density at radius 2 is 2.12 bits per heavy atom. The van der Waals surface area contributed by atoms with Crippen LogP contribution >= 0.6 is 27.7 Å². The molecule has 3 amide bonds. The third-order valence-electron chi connectivity index (χ3n) is 5.12. The van der Waals surface area contributed by atoms with Gasteiger partial charge in [0.2, 0.25) is 5.91 Å². The predicted molar refractivity (Wildman–Crippen MR) is 128 cm³/mol. The number of fused-ring (bicyclic) bond motifs is 1.